The molecule has 1 aromatic carbocycles. The summed E-state index contributed by atoms with van der Waals surface area (Å²) in [5, 5.41) is 11.5. The van der Waals surface area contributed by atoms with Gasteiger partial charge < -0.3 is 14.6 Å². The lowest BCUT2D eigenvalue weighted by atomic mass is 9.95. The van der Waals surface area contributed by atoms with Gasteiger partial charge in [0.05, 0.1) is 17.3 Å². The summed E-state index contributed by atoms with van der Waals surface area (Å²) in [6, 6.07) is 7.55. The van der Waals surface area contributed by atoms with Crippen LogP contribution in [0.4, 0.5) is 5.13 Å². The maximum atomic E-state index is 13.4. The fraction of sp³-hybridized carbons (Fsp3) is 0.222. The Morgan fingerprint density at radius 3 is 2.89 bits per heavy atom. The van der Waals surface area contributed by atoms with Crippen molar-refractivity contribution < 1.29 is 29.0 Å². The zero-order valence-electron chi connectivity index (χ0n) is 20.1. The third kappa shape index (κ3) is 4.29. The molecule has 1 fully saturated rings. The number of nitrogens with zero attached hydrogens (tertiary/aromatic N) is 3. The molecule has 188 valence electrons. The van der Waals surface area contributed by atoms with Gasteiger partial charge in [0.25, 0.3) is 5.78 Å². The molecule has 0 unspecified atom stereocenters. The lowest BCUT2D eigenvalue weighted by Gasteiger charge is -2.22. The first kappa shape index (κ1) is 24.4. The highest BCUT2D eigenvalue weighted by Gasteiger charge is 2.48. The number of aromatic nitrogens is 2. The topological polar surface area (TPSA) is 119 Å². The number of esters is 1. The molecular weight excluding hydrogens is 494 g/mol. The van der Waals surface area contributed by atoms with E-state index in [1.807, 2.05) is 6.92 Å². The summed E-state index contributed by atoms with van der Waals surface area (Å²) < 4.78 is 10.9. The van der Waals surface area contributed by atoms with Gasteiger partial charge in [0.15, 0.2) is 5.13 Å². The van der Waals surface area contributed by atoms with Crippen LogP contribution in [0, 0.1) is 6.92 Å². The summed E-state index contributed by atoms with van der Waals surface area (Å²) >= 11 is 0.937. The van der Waals surface area contributed by atoms with Gasteiger partial charge in [0, 0.05) is 24.4 Å². The van der Waals surface area contributed by atoms with E-state index in [1.165, 1.54) is 17.2 Å². The molecule has 2 aliphatic heterocycles. The van der Waals surface area contributed by atoms with Gasteiger partial charge in [0.2, 0.25) is 0 Å². The molecule has 4 heterocycles. The Morgan fingerprint density at radius 1 is 1.35 bits per heavy atom. The number of hydrogen-bond donors (Lipinski definition) is 1. The number of aliphatic hydroxyl groups is 1. The monoisotopic (exact) mass is 517 g/mol. The van der Waals surface area contributed by atoms with E-state index in [0.29, 0.717) is 23.2 Å². The molecule has 5 rings (SSSR count). The molecule has 0 radical (unpaired) electrons. The molecule has 2 aliphatic rings. The van der Waals surface area contributed by atoms with E-state index in [2.05, 4.69) is 16.5 Å². The Bertz CT molecular complexity index is 1460. The molecule has 2 atom stereocenters. The molecule has 3 aromatic rings. The van der Waals surface area contributed by atoms with Crippen LogP contribution in [-0.2, 0) is 20.7 Å². The number of Topliss-reactive ketones (excluding diaryl/α,β-unsaturated/α-hetero) is 1. The number of ether oxygens (including phenoxy) is 2. The SMILES string of the molecule is C=CCOC(=O)c1sc(N2C(=O)C(=O)C(=C(O)c3ccc4c(c3)C[C@H](C)O4)[C@H]2c2cccnc2)nc1C. The van der Waals surface area contributed by atoms with Crippen molar-refractivity contribution in [3.63, 3.8) is 0 Å². The molecule has 37 heavy (non-hydrogen) atoms. The van der Waals surface area contributed by atoms with Crippen LogP contribution in [0.3, 0.4) is 0 Å². The molecule has 1 saturated heterocycles. The van der Waals surface area contributed by atoms with Gasteiger partial charge >= 0.3 is 11.9 Å². The molecule has 0 saturated carbocycles. The second-order valence-corrected chi connectivity index (χ2v) is 9.69. The first-order valence-electron chi connectivity index (χ1n) is 11.6. The average Bonchev–Trinajstić information content (AvgIpc) is 3.54. The number of hydrogen-bond acceptors (Lipinski definition) is 9. The molecule has 9 nitrogen and oxygen atoms in total. The number of pyridine rings is 1. The molecular formula is C27H23N3O6S. The average molecular weight is 518 g/mol. The van der Waals surface area contributed by atoms with Crippen LogP contribution in [0.2, 0.25) is 0 Å². The van der Waals surface area contributed by atoms with E-state index in [0.717, 1.165) is 22.6 Å². The van der Waals surface area contributed by atoms with Gasteiger partial charge in [-0.25, -0.2) is 9.78 Å². The normalized spacial score (nSPS) is 20.0. The first-order valence-corrected chi connectivity index (χ1v) is 12.4. The number of amides is 1. The molecule has 10 heteroatoms. The Balaban J connectivity index is 1.63. The number of benzene rings is 1. The number of fused-ring (bicyclic) bond motifs is 1. The predicted molar refractivity (Wildman–Crippen MR) is 137 cm³/mol. The summed E-state index contributed by atoms with van der Waals surface area (Å²) in [5.41, 5.74) is 2.07. The maximum absolute atomic E-state index is 13.4. The minimum atomic E-state index is -1.00. The molecule has 0 bridgehead atoms. The highest BCUT2D eigenvalue weighted by atomic mass is 32.1. The Labute approximate surface area is 216 Å². The van der Waals surface area contributed by atoms with Gasteiger partial charge in [-0.3, -0.25) is 19.5 Å². The smallest absolute Gasteiger partial charge is 0.350 e. The van der Waals surface area contributed by atoms with Crippen LogP contribution in [0.25, 0.3) is 5.76 Å². The van der Waals surface area contributed by atoms with E-state index in [1.54, 1.807) is 43.5 Å². The fourth-order valence-electron chi connectivity index (χ4n) is 4.48. The van der Waals surface area contributed by atoms with Gasteiger partial charge in [-0.1, -0.05) is 30.1 Å². The van der Waals surface area contributed by atoms with Crippen LogP contribution in [-0.4, -0.2) is 45.4 Å². The fourth-order valence-corrected chi connectivity index (χ4v) is 5.47. The van der Waals surface area contributed by atoms with E-state index in [4.69, 9.17) is 9.47 Å². The van der Waals surface area contributed by atoms with E-state index < -0.39 is 23.7 Å². The second kappa shape index (κ2) is 9.62. The quantitative estimate of drug-likeness (QED) is 0.170. The van der Waals surface area contributed by atoms with E-state index in [-0.39, 0.29) is 34.1 Å². The number of aryl methyl sites for hydroxylation is 1. The van der Waals surface area contributed by atoms with Crippen LogP contribution < -0.4 is 9.64 Å². The Kier molecular flexibility index (Phi) is 6.34. The van der Waals surface area contributed by atoms with Gasteiger partial charge in [-0.2, -0.15) is 0 Å². The lowest BCUT2D eigenvalue weighted by molar-refractivity contribution is -0.132. The summed E-state index contributed by atoms with van der Waals surface area (Å²) in [7, 11) is 0. The van der Waals surface area contributed by atoms with E-state index >= 15 is 0 Å². The minimum absolute atomic E-state index is 0.00822. The number of carbonyl (C=O) groups is 3. The van der Waals surface area contributed by atoms with E-state index in [9.17, 15) is 19.5 Å². The van der Waals surface area contributed by atoms with Crippen molar-refractivity contribution in [2.75, 3.05) is 11.5 Å². The van der Waals surface area contributed by atoms with Crippen LogP contribution in [0.1, 0.15) is 45.0 Å². The predicted octanol–water partition coefficient (Wildman–Crippen LogP) is 4.14. The summed E-state index contributed by atoms with van der Waals surface area (Å²) in [6.45, 7) is 7.12. The van der Waals surface area contributed by atoms with Crippen LogP contribution in [0.15, 0.2) is 61.0 Å². The van der Waals surface area contributed by atoms with Crippen molar-refractivity contribution in [3.05, 3.63) is 88.2 Å². The third-order valence-electron chi connectivity index (χ3n) is 6.12. The van der Waals surface area contributed by atoms with Crippen molar-refractivity contribution in [3.8, 4) is 5.75 Å². The summed E-state index contributed by atoms with van der Waals surface area (Å²) in [5.74, 6) is -1.92. The number of thiazole rings is 1. The number of ketones is 1. The molecule has 0 aliphatic carbocycles. The minimum Gasteiger partial charge on any atom is -0.507 e. The van der Waals surface area contributed by atoms with Crippen molar-refractivity contribution in [2.24, 2.45) is 0 Å². The lowest BCUT2D eigenvalue weighted by Crippen LogP contribution is -2.29. The number of carbonyl (C=O) groups excluding carboxylic acids is 3. The molecule has 1 N–H and O–H groups in total. The second-order valence-electron chi connectivity index (χ2n) is 8.71. The highest BCUT2D eigenvalue weighted by Crippen LogP contribution is 2.44. The third-order valence-corrected chi connectivity index (χ3v) is 7.26. The maximum Gasteiger partial charge on any atom is 0.350 e. The largest absolute Gasteiger partial charge is 0.507 e. The van der Waals surface area contributed by atoms with Crippen LogP contribution in [0.5, 0.6) is 5.75 Å². The standard InChI is InChI=1S/C27H23N3O6S/c1-4-10-35-26(34)24-15(3)29-27(37-24)30-21(17-6-5-9-28-13-17)20(23(32)25(30)33)22(31)16-7-8-19-18(12-16)11-14(2)36-19/h4-9,12-14,21,31H,1,10-11H2,2-3H3/t14-,21+/m0/s1. The first-order chi connectivity index (χ1) is 17.8. The summed E-state index contributed by atoms with van der Waals surface area (Å²) in [4.78, 5) is 49.2. The van der Waals surface area contributed by atoms with Crippen LogP contribution >= 0.6 is 11.3 Å². The Morgan fingerprint density at radius 2 is 2.16 bits per heavy atom. The zero-order valence-corrected chi connectivity index (χ0v) is 20.9. The van der Waals surface area contributed by atoms with Gasteiger partial charge in [0.1, 0.15) is 29.1 Å². The van der Waals surface area contributed by atoms with Gasteiger partial charge in [-0.05, 0) is 49.2 Å². The molecule has 0 spiro atoms. The number of anilines is 1. The van der Waals surface area contributed by atoms with Crippen molar-refractivity contribution in [1.29, 1.82) is 0 Å². The van der Waals surface area contributed by atoms with Crippen molar-refractivity contribution in [2.45, 2.75) is 32.4 Å². The number of rotatable bonds is 6. The molecule has 2 aromatic heterocycles. The Hall–Kier alpha value is -4.31. The number of aliphatic hydroxyl groups excluding tert-OH is 1. The highest BCUT2D eigenvalue weighted by molar-refractivity contribution is 7.17. The van der Waals surface area contributed by atoms with Crippen molar-refractivity contribution in [1.82, 2.24) is 9.97 Å². The zero-order chi connectivity index (χ0) is 26.3. The molecule has 1 amide bonds. The summed E-state index contributed by atoms with van der Waals surface area (Å²) in [6.07, 6.45) is 5.21. The van der Waals surface area contributed by atoms with Crippen molar-refractivity contribution >= 4 is 39.9 Å². The van der Waals surface area contributed by atoms with Gasteiger partial charge in [-0.15, -0.1) is 0 Å².